The Morgan fingerprint density at radius 1 is 1.00 bits per heavy atom. The van der Waals surface area contributed by atoms with Gasteiger partial charge >= 0.3 is 5.97 Å². The number of carbonyl (C=O) groups is 1. The molecule has 2 bridgehead atoms. The van der Waals surface area contributed by atoms with Crippen molar-refractivity contribution < 1.29 is 62.9 Å². The summed E-state index contributed by atoms with van der Waals surface area (Å²) < 4.78 is 45.6. The first-order chi connectivity index (χ1) is 26.6. The zero-order valence-corrected chi connectivity index (χ0v) is 36.2. The second kappa shape index (κ2) is 18.5. The molecule has 0 saturated carbocycles. The number of aliphatic hydroxyl groups excluding tert-OH is 3. The van der Waals surface area contributed by atoms with Crippen LogP contribution in [0.3, 0.4) is 0 Å². The fourth-order valence-electron chi connectivity index (χ4n) is 10.0. The van der Waals surface area contributed by atoms with Crippen LogP contribution in [0.15, 0.2) is 36.6 Å². The molecule has 17 atom stereocenters. The molecular weight excluding hydrogens is 734 g/mol. The number of rotatable bonds is 12. The maximum Gasteiger partial charge on any atom is 0.311 e. The molecular formula is C44H72NO12+. The topological polar surface area (TPSA) is 163 Å². The molecule has 0 amide bonds. The number of nitrogens with zero attached hydrogens (tertiary/aromatic N) is 1. The number of carbonyl (C=O) groups excluding carboxylic acids is 1. The second-order valence-electron chi connectivity index (χ2n) is 17.9. The number of cyclic esters (lactones) is 1. The van der Waals surface area contributed by atoms with E-state index in [1.54, 1.807) is 46.8 Å². The van der Waals surface area contributed by atoms with Crippen molar-refractivity contribution in [2.45, 2.75) is 179 Å². The van der Waals surface area contributed by atoms with Crippen molar-refractivity contribution in [3.8, 4) is 12.3 Å². The smallest absolute Gasteiger partial charge is 0.311 e. The van der Waals surface area contributed by atoms with E-state index >= 15 is 0 Å². The number of hydrogen-bond donors (Lipinski definition) is 4. The molecule has 13 nitrogen and oxygen atoms in total. The van der Waals surface area contributed by atoms with Crippen molar-refractivity contribution in [1.82, 2.24) is 0 Å². The number of hydrogen-bond acceptors (Lipinski definition) is 12. The maximum absolute atomic E-state index is 14.3. The van der Waals surface area contributed by atoms with E-state index in [2.05, 4.69) is 19.1 Å². The average Bonchev–Trinajstić information content (AvgIpc) is 3.47. The van der Waals surface area contributed by atoms with Crippen molar-refractivity contribution in [2.75, 3.05) is 26.7 Å². The van der Waals surface area contributed by atoms with Gasteiger partial charge < -0.3 is 58.1 Å². The molecule has 4 N–H and O–H groups in total. The molecule has 4 heterocycles. The fraction of sp³-hybridized carbons (Fsp3) is 0.795. The fourth-order valence-corrected chi connectivity index (χ4v) is 10.0. The minimum Gasteiger partial charge on any atom is -0.489 e. The molecule has 0 aromatic carbocycles. The summed E-state index contributed by atoms with van der Waals surface area (Å²) in [6.45, 7) is 27.1. The van der Waals surface area contributed by atoms with E-state index in [-0.39, 0.29) is 18.9 Å². The van der Waals surface area contributed by atoms with Gasteiger partial charge in [-0.2, -0.15) is 0 Å². The van der Waals surface area contributed by atoms with E-state index in [0.717, 1.165) is 5.57 Å². The predicted octanol–water partition coefficient (Wildman–Crippen LogP) is 4.15. The van der Waals surface area contributed by atoms with Crippen LogP contribution >= 0.6 is 0 Å². The Morgan fingerprint density at radius 3 is 2.19 bits per heavy atom. The maximum atomic E-state index is 14.3. The third-order valence-electron chi connectivity index (χ3n) is 13.4. The summed E-state index contributed by atoms with van der Waals surface area (Å²) in [5.41, 5.74) is -3.17. The van der Waals surface area contributed by atoms with Crippen LogP contribution in [0.25, 0.3) is 0 Å². The molecule has 0 aromatic heterocycles. The van der Waals surface area contributed by atoms with Gasteiger partial charge in [-0.05, 0) is 78.5 Å². The lowest BCUT2D eigenvalue weighted by Gasteiger charge is -2.51. The lowest BCUT2D eigenvalue weighted by molar-refractivity contribution is -0.941. The first-order valence-electron chi connectivity index (χ1n) is 20.6. The van der Waals surface area contributed by atoms with E-state index in [1.165, 1.54) is 14.0 Å². The molecule has 0 aromatic rings. The minimum atomic E-state index is -1.85. The van der Waals surface area contributed by atoms with Gasteiger partial charge in [0.1, 0.15) is 47.9 Å². The summed E-state index contributed by atoms with van der Waals surface area (Å²) >= 11 is 0. The molecule has 324 valence electrons. The Kier molecular flexibility index (Phi) is 15.4. The summed E-state index contributed by atoms with van der Waals surface area (Å²) in [6, 6.07) is -0.414. The Hall–Kier alpha value is -2.35. The average molecular weight is 807 g/mol. The zero-order chi connectivity index (χ0) is 42.8. The highest BCUT2D eigenvalue weighted by Crippen LogP contribution is 2.47. The lowest BCUT2D eigenvalue weighted by Crippen LogP contribution is -2.67. The van der Waals surface area contributed by atoms with Crippen LogP contribution in [-0.2, 0) is 38.0 Å². The molecule has 0 radical (unpaired) electrons. The first kappa shape index (κ1) is 47.3. The minimum absolute atomic E-state index is 0.144. The van der Waals surface area contributed by atoms with Crippen LogP contribution in [0.1, 0.15) is 94.9 Å². The van der Waals surface area contributed by atoms with Crippen LogP contribution < -0.4 is 0 Å². The molecule has 4 aliphatic heterocycles. The van der Waals surface area contributed by atoms with Gasteiger partial charge in [-0.25, -0.2) is 0 Å². The molecule has 3 fully saturated rings. The lowest BCUT2D eigenvalue weighted by atomic mass is 9.78. The molecule has 0 spiro atoms. The van der Waals surface area contributed by atoms with Crippen molar-refractivity contribution >= 4 is 5.97 Å². The van der Waals surface area contributed by atoms with E-state index < -0.39 is 102 Å². The molecule has 0 unspecified atom stereocenters. The van der Waals surface area contributed by atoms with Crippen LogP contribution in [-0.4, -0.2) is 142 Å². The third-order valence-corrected chi connectivity index (χ3v) is 13.4. The summed E-state index contributed by atoms with van der Waals surface area (Å²) in [6.07, 6.45) is 1.20. The van der Waals surface area contributed by atoms with Gasteiger partial charge in [-0.3, -0.25) is 4.79 Å². The summed E-state index contributed by atoms with van der Waals surface area (Å²) in [5.74, 6) is 0.279. The van der Waals surface area contributed by atoms with E-state index in [4.69, 9.17) is 39.6 Å². The Morgan fingerprint density at radius 2 is 1.63 bits per heavy atom. The zero-order valence-electron chi connectivity index (χ0n) is 36.2. The molecule has 3 saturated heterocycles. The Balaban J connectivity index is 1.88. The highest BCUT2D eigenvalue weighted by Gasteiger charge is 2.57. The molecule has 57 heavy (non-hydrogen) atoms. The number of terminal acetylenes is 1. The predicted molar refractivity (Wildman–Crippen MR) is 214 cm³/mol. The van der Waals surface area contributed by atoms with Crippen LogP contribution in [0.4, 0.5) is 0 Å². The van der Waals surface area contributed by atoms with Crippen LogP contribution in [0, 0.1) is 30.1 Å². The van der Waals surface area contributed by atoms with Crippen molar-refractivity contribution in [2.24, 2.45) is 17.8 Å². The SMILES string of the molecule is C#CC[N+](CC=C)(CC=C)[C@H]1C[C@@H](C)O[C@@H](O[C@@H]2[C@@H](C)[C@H](O[C@H]3C[C@@](C)(OC)[C@@H](O)[C@H](C)O3)[C@@H](C)C(=O)O[C@H](CC)[C@@](C)(O)[C@H](O)[C@@H](C)C3=C(C)C[C@@]2(C)O3)[C@@H]1O. The van der Waals surface area contributed by atoms with Gasteiger partial charge in [0.2, 0.25) is 0 Å². The Labute approximate surface area is 340 Å². The van der Waals surface area contributed by atoms with Gasteiger partial charge in [0.05, 0.1) is 49.0 Å². The van der Waals surface area contributed by atoms with Crippen LogP contribution in [0.5, 0.6) is 0 Å². The number of methoxy groups -OCH3 is 1. The molecule has 0 aliphatic carbocycles. The quantitative estimate of drug-likeness (QED) is 0.0967. The van der Waals surface area contributed by atoms with E-state index in [1.807, 2.05) is 27.7 Å². The van der Waals surface area contributed by atoms with Gasteiger partial charge in [0, 0.05) is 38.2 Å². The molecule has 4 rings (SSSR count). The van der Waals surface area contributed by atoms with Crippen LogP contribution in [0.2, 0.25) is 0 Å². The number of aliphatic hydroxyl groups is 4. The van der Waals surface area contributed by atoms with Crippen molar-refractivity contribution in [1.29, 1.82) is 0 Å². The number of quaternary nitrogens is 1. The van der Waals surface area contributed by atoms with Crippen molar-refractivity contribution in [3.05, 3.63) is 36.6 Å². The number of fused-ring (bicyclic) bond motifs is 2. The van der Waals surface area contributed by atoms with E-state index in [9.17, 15) is 25.2 Å². The van der Waals surface area contributed by atoms with E-state index in [0.29, 0.717) is 42.7 Å². The first-order valence-corrected chi connectivity index (χ1v) is 20.6. The highest BCUT2D eigenvalue weighted by molar-refractivity contribution is 5.73. The number of esters is 1. The van der Waals surface area contributed by atoms with Gasteiger partial charge in [-0.15, -0.1) is 6.42 Å². The summed E-state index contributed by atoms with van der Waals surface area (Å²) in [4.78, 5) is 14.3. The second-order valence-corrected chi connectivity index (χ2v) is 17.9. The highest BCUT2D eigenvalue weighted by atomic mass is 16.7. The van der Waals surface area contributed by atoms with Gasteiger partial charge in [0.15, 0.2) is 18.7 Å². The number of ether oxygens (including phenoxy) is 7. The summed E-state index contributed by atoms with van der Waals surface area (Å²) in [7, 11) is 1.52. The molecule has 4 aliphatic rings. The molecule has 13 heteroatoms. The Bertz CT molecular complexity index is 1480. The summed E-state index contributed by atoms with van der Waals surface area (Å²) in [5, 5.41) is 46.9. The normalized spacial score (nSPS) is 44.8. The third kappa shape index (κ3) is 9.36. The monoisotopic (exact) mass is 807 g/mol. The van der Waals surface area contributed by atoms with Gasteiger partial charge in [-0.1, -0.05) is 33.9 Å². The van der Waals surface area contributed by atoms with Crippen molar-refractivity contribution in [3.63, 3.8) is 0 Å². The standard InChI is InChI=1S/C44H72NO12/c1-15-19-45(20-16-2,21-17-3)31-22-26(6)52-41(34(31)46)56-39-28(8)36(55-33-24-42(11,51-14)38(48)30(10)53-33)29(9)40(49)54-32(18-4)44(13,50)37(47)27(7)35-25(5)23-43(39,12)57-35/h1,16-17,26-34,36-39,41,46-48,50H,2-3,18-24H2,4-14H3/q+1/t26-,27+,28+,29-,30+,31+,32-,33+,34-,36+,37-,38+,39-,41+,42-,43-,44-/m1/s1. The largest absolute Gasteiger partial charge is 0.489 e. The van der Waals surface area contributed by atoms with Gasteiger partial charge in [0.25, 0.3) is 0 Å².